The van der Waals surface area contributed by atoms with Crippen LogP contribution in [0.2, 0.25) is 0 Å². The molecule has 0 saturated heterocycles. The minimum absolute atomic E-state index is 0.231. The van der Waals surface area contributed by atoms with Crippen LogP contribution in [0.5, 0.6) is 0 Å². The van der Waals surface area contributed by atoms with Crippen molar-refractivity contribution in [2.45, 2.75) is 26.8 Å². The number of fused-ring (bicyclic) bond motifs is 1. The van der Waals surface area contributed by atoms with Crippen molar-refractivity contribution < 1.29 is 13.9 Å². The first-order valence-electron chi connectivity index (χ1n) is 11.5. The molecule has 1 aliphatic heterocycles. The number of aromatic nitrogens is 1. The molecule has 0 saturated carbocycles. The fourth-order valence-electron chi connectivity index (χ4n) is 4.18. The van der Waals surface area contributed by atoms with Crippen LogP contribution in [0.1, 0.15) is 36.8 Å². The van der Waals surface area contributed by atoms with Crippen LogP contribution in [-0.2, 0) is 9.53 Å². The molecule has 0 fully saturated rings. The summed E-state index contributed by atoms with van der Waals surface area (Å²) in [6.45, 7) is 5.78. The molecule has 5 rings (SSSR count). The van der Waals surface area contributed by atoms with E-state index in [9.17, 15) is 9.59 Å². The van der Waals surface area contributed by atoms with E-state index in [-0.39, 0.29) is 12.2 Å². The van der Waals surface area contributed by atoms with Crippen LogP contribution in [0.4, 0.5) is 0 Å². The van der Waals surface area contributed by atoms with Gasteiger partial charge in [0.1, 0.15) is 11.5 Å². The number of furan rings is 1. The van der Waals surface area contributed by atoms with E-state index in [0.29, 0.717) is 26.4 Å². The van der Waals surface area contributed by atoms with Crippen LogP contribution in [0.3, 0.4) is 0 Å². The molecular formula is C28H23IN2O4S. The van der Waals surface area contributed by atoms with Gasteiger partial charge in [-0.3, -0.25) is 9.36 Å². The second-order valence-corrected chi connectivity index (χ2v) is 10.7. The molecule has 0 spiro atoms. The molecule has 8 heteroatoms. The Morgan fingerprint density at radius 2 is 1.83 bits per heavy atom. The largest absolute Gasteiger partial charge is 0.463 e. The number of carbonyl (C=O) groups excluding carboxylic acids is 1. The molecule has 182 valence electrons. The summed E-state index contributed by atoms with van der Waals surface area (Å²) in [7, 11) is 0. The number of ether oxygens (including phenoxy) is 1. The second-order valence-electron chi connectivity index (χ2n) is 8.42. The fraction of sp³-hybridized carbons (Fsp3) is 0.179. The molecule has 2 aromatic heterocycles. The van der Waals surface area contributed by atoms with Gasteiger partial charge in [0.15, 0.2) is 4.80 Å². The zero-order valence-electron chi connectivity index (χ0n) is 19.9. The average Bonchev–Trinajstić information content (AvgIpc) is 3.44. The highest BCUT2D eigenvalue weighted by atomic mass is 127. The molecule has 0 bridgehead atoms. The van der Waals surface area contributed by atoms with Crippen LogP contribution in [-0.4, -0.2) is 17.1 Å². The Kier molecular flexibility index (Phi) is 6.81. The molecule has 0 N–H and O–H groups in total. The normalized spacial score (nSPS) is 15.6. The molecule has 4 aromatic rings. The standard InChI is InChI=1S/C28H23IN2O4S/c1-4-34-27(33)24-17(3)30-28-31(25(24)19-7-5-16(2)6-8-19)26(32)23(36-28)15-21-13-14-22(35-21)18-9-11-20(29)12-10-18/h5-15,25H,4H2,1-3H3/b23-15-. The summed E-state index contributed by atoms with van der Waals surface area (Å²) in [5.74, 6) is 0.831. The van der Waals surface area contributed by atoms with Gasteiger partial charge in [0.05, 0.1) is 28.5 Å². The Balaban J connectivity index is 1.63. The summed E-state index contributed by atoms with van der Waals surface area (Å²) in [5, 5.41) is 0. The third-order valence-electron chi connectivity index (χ3n) is 5.94. The van der Waals surface area contributed by atoms with Gasteiger partial charge in [-0.1, -0.05) is 53.3 Å². The Morgan fingerprint density at radius 3 is 2.53 bits per heavy atom. The maximum Gasteiger partial charge on any atom is 0.338 e. The first-order chi connectivity index (χ1) is 17.4. The number of halogens is 1. The van der Waals surface area contributed by atoms with E-state index >= 15 is 0 Å². The highest BCUT2D eigenvalue weighted by Gasteiger charge is 2.33. The molecule has 1 aliphatic rings. The van der Waals surface area contributed by atoms with Crippen molar-refractivity contribution in [2.24, 2.45) is 4.99 Å². The topological polar surface area (TPSA) is 73.8 Å². The lowest BCUT2D eigenvalue weighted by Gasteiger charge is -2.24. The Bertz CT molecular complexity index is 1660. The molecule has 0 aliphatic carbocycles. The van der Waals surface area contributed by atoms with Crippen LogP contribution in [0.15, 0.2) is 86.1 Å². The minimum Gasteiger partial charge on any atom is -0.463 e. The van der Waals surface area contributed by atoms with Gasteiger partial charge in [-0.2, -0.15) is 0 Å². The molecule has 3 heterocycles. The van der Waals surface area contributed by atoms with Crippen molar-refractivity contribution in [2.75, 3.05) is 6.61 Å². The van der Waals surface area contributed by atoms with Crippen LogP contribution < -0.4 is 14.9 Å². The van der Waals surface area contributed by atoms with Gasteiger partial charge in [0, 0.05) is 15.2 Å². The van der Waals surface area contributed by atoms with Gasteiger partial charge in [-0.15, -0.1) is 0 Å². The maximum absolute atomic E-state index is 13.7. The maximum atomic E-state index is 13.7. The summed E-state index contributed by atoms with van der Waals surface area (Å²) in [4.78, 5) is 31.8. The van der Waals surface area contributed by atoms with Crippen molar-refractivity contribution in [3.63, 3.8) is 0 Å². The number of carbonyl (C=O) groups is 1. The molecule has 1 atom stereocenters. The number of aryl methyl sites for hydroxylation is 1. The summed E-state index contributed by atoms with van der Waals surface area (Å²) in [5.41, 5.74) is 3.57. The molecule has 1 unspecified atom stereocenters. The van der Waals surface area contributed by atoms with Crippen molar-refractivity contribution >= 4 is 46.0 Å². The van der Waals surface area contributed by atoms with E-state index in [4.69, 9.17) is 9.15 Å². The van der Waals surface area contributed by atoms with E-state index in [2.05, 4.69) is 27.6 Å². The fourth-order valence-corrected chi connectivity index (χ4v) is 5.57. The number of thiazole rings is 1. The lowest BCUT2D eigenvalue weighted by molar-refractivity contribution is -0.139. The van der Waals surface area contributed by atoms with E-state index in [1.54, 1.807) is 24.5 Å². The summed E-state index contributed by atoms with van der Waals surface area (Å²) >= 11 is 3.54. The first-order valence-corrected chi connectivity index (χ1v) is 13.4. The third kappa shape index (κ3) is 4.62. The predicted octanol–water partition coefficient (Wildman–Crippen LogP) is 4.97. The van der Waals surface area contributed by atoms with Gasteiger partial charge in [0.2, 0.25) is 0 Å². The number of rotatable bonds is 5. The van der Waals surface area contributed by atoms with Crippen LogP contribution >= 0.6 is 33.9 Å². The molecule has 6 nitrogen and oxygen atoms in total. The van der Waals surface area contributed by atoms with Gasteiger partial charge in [-0.05, 0) is 73.2 Å². The zero-order valence-corrected chi connectivity index (χ0v) is 22.9. The van der Waals surface area contributed by atoms with E-state index in [1.165, 1.54) is 11.3 Å². The van der Waals surface area contributed by atoms with E-state index < -0.39 is 12.0 Å². The lowest BCUT2D eigenvalue weighted by atomic mass is 9.95. The number of hydrogen-bond acceptors (Lipinski definition) is 6. The Hall–Kier alpha value is -3.24. The monoisotopic (exact) mass is 610 g/mol. The number of nitrogens with zero attached hydrogens (tertiary/aromatic N) is 2. The smallest absolute Gasteiger partial charge is 0.338 e. The van der Waals surface area contributed by atoms with E-state index in [1.807, 2.05) is 67.6 Å². The minimum atomic E-state index is -0.623. The molecule has 0 amide bonds. The highest BCUT2D eigenvalue weighted by molar-refractivity contribution is 14.1. The Morgan fingerprint density at radius 1 is 1.11 bits per heavy atom. The van der Waals surface area contributed by atoms with Crippen LogP contribution in [0, 0.1) is 10.5 Å². The van der Waals surface area contributed by atoms with Gasteiger partial charge in [-0.25, -0.2) is 9.79 Å². The van der Waals surface area contributed by atoms with Crippen molar-refractivity contribution in [1.82, 2.24) is 4.57 Å². The quantitative estimate of drug-likeness (QED) is 0.236. The van der Waals surface area contributed by atoms with Crippen molar-refractivity contribution in [3.8, 4) is 11.3 Å². The SMILES string of the molecule is CCOC(=O)C1=C(C)N=c2s/c(=C\c3ccc(-c4ccc(I)cc4)o3)c(=O)n2C1c1ccc(C)cc1. The van der Waals surface area contributed by atoms with E-state index in [0.717, 1.165) is 26.0 Å². The summed E-state index contributed by atoms with van der Waals surface area (Å²) in [6.07, 6.45) is 1.73. The molecule has 2 aromatic carbocycles. The Labute approximate surface area is 225 Å². The van der Waals surface area contributed by atoms with Gasteiger partial charge >= 0.3 is 5.97 Å². The summed E-state index contributed by atoms with van der Waals surface area (Å²) in [6, 6.07) is 19.0. The molecule has 0 radical (unpaired) electrons. The lowest BCUT2D eigenvalue weighted by Crippen LogP contribution is -2.39. The molecule has 36 heavy (non-hydrogen) atoms. The predicted molar refractivity (Wildman–Crippen MR) is 148 cm³/mol. The van der Waals surface area contributed by atoms with Crippen molar-refractivity contribution in [1.29, 1.82) is 0 Å². The number of hydrogen-bond donors (Lipinski definition) is 0. The second kappa shape index (κ2) is 10.0. The van der Waals surface area contributed by atoms with Gasteiger partial charge < -0.3 is 9.15 Å². The highest BCUT2D eigenvalue weighted by Crippen LogP contribution is 2.31. The third-order valence-corrected chi connectivity index (χ3v) is 7.64. The first kappa shape index (κ1) is 24.5. The van der Waals surface area contributed by atoms with Gasteiger partial charge in [0.25, 0.3) is 5.56 Å². The average molecular weight is 610 g/mol. The number of allylic oxidation sites excluding steroid dienone is 1. The number of benzene rings is 2. The zero-order chi connectivity index (χ0) is 25.4. The van der Waals surface area contributed by atoms with Crippen molar-refractivity contribution in [3.05, 3.63) is 112 Å². The van der Waals surface area contributed by atoms with Crippen LogP contribution in [0.25, 0.3) is 17.4 Å². The number of esters is 1. The summed E-state index contributed by atoms with van der Waals surface area (Å²) < 4.78 is 14.6. The molecular weight excluding hydrogens is 587 g/mol.